The van der Waals surface area contributed by atoms with Crippen molar-refractivity contribution in [1.29, 1.82) is 0 Å². The molecule has 0 aliphatic rings. The van der Waals surface area contributed by atoms with Gasteiger partial charge in [-0.15, -0.1) is 0 Å². The van der Waals surface area contributed by atoms with E-state index in [2.05, 4.69) is 0 Å². The standard InChI is InChI=1S/C4H3I2NO2/c5-2-1-3(8)7(6)4(2)9/h1,8-9H. The van der Waals surface area contributed by atoms with Gasteiger partial charge in [-0.2, -0.15) is 0 Å². The van der Waals surface area contributed by atoms with Crippen LogP contribution in [0.3, 0.4) is 0 Å². The van der Waals surface area contributed by atoms with Crippen LogP contribution in [0.25, 0.3) is 0 Å². The van der Waals surface area contributed by atoms with Gasteiger partial charge in [0.1, 0.15) is 0 Å². The minimum atomic E-state index is 0.0671. The van der Waals surface area contributed by atoms with E-state index in [1.54, 1.807) is 22.9 Å². The highest BCUT2D eigenvalue weighted by Crippen LogP contribution is 2.30. The van der Waals surface area contributed by atoms with Crippen molar-refractivity contribution >= 4 is 45.5 Å². The number of aromatic hydroxyl groups is 2. The summed E-state index contributed by atoms with van der Waals surface area (Å²) in [6.45, 7) is 0. The largest absolute Gasteiger partial charge is 0.494 e. The van der Waals surface area contributed by atoms with Gasteiger partial charge in [-0.05, 0) is 22.6 Å². The van der Waals surface area contributed by atoms with Crippen molar-refractivity contribution < 1.29 is 10.2 Å². The van der Waals surface area contributed by atoms with Crippen LogP contribution in [0, 0.1) is 3.57 Å². The topological polar surface area (TPSA) is 45.4 Å². The summed E-state index contributed by atoms with van der Waals surface area (Å²) in [7, 11) is 0. The Labute approximate surface area is 79.3 Å². The molecule has 0 saturated carbocycles. The molecule has 5 heteroatoms. The fraction of sp³-hybridized carbons (Fsp3) is 0. The molecule has 0 bridgehead atoms. The molecule has 0 amide bonds. The van der Waals surface area contributed by atoms with Gasteiger partial charge >= 0.3 is 0 Å². The lowest BCUT2D eigenvalue weighted by Crippen LogP contribution is -1.74. The maximum atomic E-state index is 9.02. The third kappa shape index (κ3) is 1.26. The Morgan fingerprint density at radius 1 is 1.44 bits per heavy atom. The Hall–Kier alpha value is 0.340. The Morgan fingerprint density at radius 2 is 2.00 bits per heavy atom. The van der Waals surface area contributed by atoms with E-state index in [9.17, 15) is 0 Å². The summed E-state index contributed by atoms with van der Waals surface area (Å²) >= 11 is 3.74. The maximum absolute atomic E-state index is 9.02. The van der Waals surface area contributed by atoms with Crippen LogP contribution in [0.1, 0.15) is 0 Å². The average Bonchev–Trinajstić information content (AvgIpc) is 1.98. The van der Waals surface area contributed by atoms with E-state index >= 15 is 0 Å². The zero-order chi connectivity index (χ0) is 7.02. The number of rotatable bonds is 0. The fourth-order valence-electron chi connectivity index (χ4n) is 0.437. The Morgan fingerprint density at radius 3 is 2.11 bits per heavy atom. The molecule has 0 fully saturated rings. The molecule has 1 aromatic rings. The van der Waals surface area contributed by atoms with E-state index in [1.165, 1.54) is 8.85 Å². The lowest BCUT2D eigenvalue weighted by Gasteiger charge is -1.91. The smallest absolute Gasteiger partial charge is 0.217 e. The fourth-order valence-corrected chi connectivity index (χ4v) is 1.82. The molecule has 0 atom stereocenters. The quantitative estimate of drug-likeness (QED) is 0.700. The Balaban J connectivity index is 3.29. The van der Waals surface area contributed by atoms with Gasteiger partial charge in [0.15, 0.2) is 0 Å². The van der Waals surface area contributed by atoms with Crippen LogP contribution in [-0.4, -0.2) is 13.0 Å². The highest BCUT2D eigenvalue weighted by Gasteiger charge is 2.07. The molecule has 1 rings (SSSR count). The van der Waals surface area contributed by atoms with Gasteiger partial charge in [-0.3, -0.25) is 0 Å². The zero-order valence-corrected chi connectivity index (χ0v) is 8.49. The molecule has 1 aromatic heterocycles. The predicted molar refractivity (Wildman–Crippen MR) is 49.9 cm³/mol. The molecular formula is C4H3I2NO2. The molecule has 1 heterocycles. The summed E-state index contributed by atoms with van der Waals surface area (Å²) < 4.78 is 1.93. The summed E-state index contributed by atoms with van der Waals surface area (Å²) in [6.07, 6.45) is 0. The SMILES string of the molecule is Oc1cc(I)c(O)n1I. The summed E-state index contributed by atoms with van der Waals surface area (Å²) in [5.74, 6) is 0.159. The van der Waals surface area contributed by atoms with Gasteiger partial charge in [0.25, 0.3) is 0 Å². The third-order valence-corrected chi connectivity index (χ3v) is 2.60. The third-order valence-electron chi connectivity index (χ3n) is 0.857. The van der Waals surface area contributed by atoms with Crippen LogP contribution in [0.5, 0.6) is 11.8 Å². The van der Waals surface area contributed by atoms with Crippen molar-refractivity contribution in [3.63, 3.8) is 0 Å². The van der Waals surface area contributed by atoms with Gasteiger partial charge in [0.2, 0.25) is 11.8 Å². The van der Waals surface area contributed by atoms with Gasteiger partial charge in [0.05, 0.1) is 26.4 Å². The molecule has 9 heavy (non-hydrogen) atoms. The molecule has 3 nitrogen and oxygen atoms in total. The van der Waals surface area contributed by atoms with Gasteiger partial charge < -0.3 is 10.2 Å². The normalized spacial score (nSPS) is 10.0. The summed E-state index contributed by atoms with van der Waals surface area (Å²) in [4.78, 5) is 0. The first-order valence-electron chi connectivity index (χ1n) is 2.08. The molecule has 0 unspecified atom stereocenters. The molecule has 0 radical (unpaired) electrons. The lowest BCUT2D eigenvalue weighted by molar-refractivity contribution is 0.420. The zero-order valence-electron chi connectivity index (χ0n) is 4.17. The first-order valence-corrected chi connectivity index (χ1v) is 4.12. The van der Waals surface area contributed by atoms with Crippen molar-refractivity contribution in [2.75, 3.05) is 0 Å². The molecule has 0 saturated heterocycles. The lowest BCUT2D eigenvalue weighted by atomic mass is 10.6. The van der Waals surface area contributed by atoms with Crippen molar-refractivity contribution in [3.05, 3.63) is 9.64 Å². The minimum absolute atomic E-state index is 0.0671. The van der Waals surface area contributed by atoms with Crippen LogP contribution in [0.15, 0.2) is 6.07 Å². The average molecular weight is 351 g/mol. The number of hydrogen-bond acceptors (Lipinski definition) is 2. The van der Waals surface area contributed by atoms with Crippen LogP contribution >= 0.6 is 45.5 Å². The van der Waals surface area contributed by atoms with E-state index in [0.717, 1.165) is 0 Å². The maximum Gasteiger partial charge on any atom is 0.217 e. The van der Waals surface area contributed by atoms with E-state index < -0.39 is 0 Å². The van der Waals surface area contributed by atoms with Crippen molar-refractivity contribution in [1.82, 2.24) is 2.78 Å². The van der Waals surface area contributed by atoms with Crippen molar-refractivity contribution in [3.8, 4) is 11.8 Å². The van der Waals surface area contributed by atoms with E-state index in [4.69, 9.17) is 10.2 Å². The van der Waals surface area contributed by atoms with E-state index in [1.807, 2.05) is 22.6 Å². The van der Waals surface area contributed by atoms with Crippen LogP contribution in [0.4, 0.5) is 0 Å². The molecule has 0 aromatic carbocycles. The number of halogens is 2. The molecular weight excluding hydrogens is 348 g/mol. The first-order chi connectivity index (χ1) is 4.13. The molecule has 0 aliphatic carbocycles. The number of hydrogen-bond donors (Lipinski definition) is 2. The van der Waals surface area contributed by atoms with Crippen molar-refractivity contribution in [2.45, 2.75) is 0 Å². The summed E-state index contributed by atoms with van der Waals surface area (Å²) in [5, 5.41) is 17.9. The predicted octanol–water partition coefficient (Wildman–Crippen LogP) is 1.70. The van der Waals surface area contributed by atoms with E-state index in [-0.39, 0.29) is 11.8 Å². The van der Waals surface area contributed by atoms with Crippen molar-refractivity contribution in [2.24, 2.45) is 0 Å². The van der Waals surface area contributed by atoms with Crippen LogP contribution < -0.4 is 0 Å². The molecule has 2 N–H and O–H groups in total. The van der Waals surface area contributed by atoms with Crippen LogP contribution in [0.2, 0.25) is 0 Å². The first kappa shape index (κ1) is 7.45. The highest BCUT2D eigenvalue weighted by atomic mass is 127. The summed E-state index contributed by atoms with van der Waals surface area (Å²) in [6, 6.07) is 1.49. The highest BCUT2D eigenvalue weighted by molar-refractivity contribution is 14.1. The molecule has 0 spiro atoms. The van der Waals surface area contributed by atoms with Gasteiger partial charge in [-0.1, -0.05) is 0 Å². The Kier molecular flexibility index (Phi) is 2.09. The summed E-state index contributed by atoms with van der Waals surface area (Å²) in [5.41, 5.74) is 0. The second-order valence-electron chi connectivity index (χ2n) is 1.45. The minimum Gasteiger partial charge on any atom is -0.494 e. The molecule has 0 aliphatic heterocycles. The second-order valence-corrected chi connectivity index (χ2v) is 3.58. The Bertz CT molecular complexity index is 210. The van der Waals surface area contributed by atoms with Gasteiger partial charge in [-0.25, -0.2) is 2.78 Å². The van der Waals surface area contributed by atoms with E-state index in [0.29, 0.717) is 3.57 Å². The number of nitrogens with zero attached hydrogens (tertiary/aromatic N) is 1. The molecule has 50 valence electrons. The number of aromatic nitrogens is 1. The van der Waals surface area contributed by atoms with Crippen LogP contribution in [-0.2, 0) is 0 Å². The monoisotopic (exact) mass is 351 g/mol. The van der Waals surface area contributed by atoms with Gasteiger partial charge in [0, 0.05) is 6.07 Å². The second kappa shape index (κ2) is 2.52.